The minimum atomic E-state index is -0.455. The van der Waals surface area contributed by atoms with Gasteiger partial charge in [-0.05, 0) is 43.5 Å². The molecule has 19 heavy (non-hydrogen) atoms. The van der Waals surface area contributed by atoms with Crippen molar-refractivity contribution >= 4 is 18.3 Å². The third kappa shape index (κ3) is 3.91. The summed E-state index contributed by atoms with van der Waals surface area (Å²) in [4.78, 5) is 12.0. The highest BCUT2D eigenvalue weighted by Crippen LogP contribution is 2.14. The lowest BCUT2D eigenvalue weighted by atomic mass is 9.94. The number of carbonyl (C=O) groups excluding carboxylic acids is 1. The van der Waals surface area contributed by atoms with E-state index in [1.54, 1.807) is 19.1 Å². The lowest BCUT2D eigenvalue weighted by Crippen LogP contribution is -2.50. The van der Waals surface area contributed by atoms with Crippen LogP contribution in [0, 0.1) is 18.7 Å². The zero-order valence-electron chi connectivity index (χ0n) is 11.2. The first-order valence-corrected chi connectivity index (χ1v) is 6.35. The van der Waals surface area contributed by atoms with Gasteiger partial charge in [-0.1, -0.05) is 13.0 Å². The first-order valence-electron chi connectivity index (χ1n) is 6.35. The van der Waals surface area contributed by atoms with Crippen LogP contribution in [0.25, 0.3) is 0 Å². The van der Waals surface area contributed by atoms with Gasteiger partial charge in [-0.15, -0.1) is 12.4 Å². The molecule has 0 bridgehead atoms. The van der Waals surface area contributed by atoms with Crippen LogP contribution in [0.2, 0.25) is 0 Å². The number of hydrogen-bond acceptors (Lipinski definition) is 2. The molecule has 1 saturated heterocycles. The average molecular weight is 287 g/mol. The summed E-state index contributed by atoms with van der Waals surface area (Å²) < 4.78 is 13.7. The second-order valence-electron chi connectivity index (χ2n) is 5.03. The molecule has 0 radical (unpaired) electrons. The molecular formula is C14H20ClFN2O. The Bertz CT molecular complexity index is 453. The van der Waals surface area contributed by atoms with E-state index in [4.69, 9.17) is 0 Å². The topological polar surface area (TPSA) is 41.1 Å². The molecule has 0 spiro atoms. The molecule has 0 saturated carbocycles. The zero-order valence-corrected chi connectivity index (χ0v) is 12.0. The molecule has 1 amide bonds. The molecule has 1 aliphatic heterocycles. The molecule has 0 aromatic heterocycles. The van der Waals surface area contributed by atoms with Gasteiger partial charge in [0.1, 0.15) is 5.82 Å². The highest BCUT2D eigenvalue weighted by atomic mass is 35.5. The van der Waals surface area contributed by atoms with Crippen LogP contribution in [0.15, 0.2) is 18.2 Å². The van der Waals surface area contributed by atoms with Crippen molar-refractivity contribution in [3.05, 3.63) is 35.1 Å². The fourth-order valence-electron chi connectivity index (χ4n) is 2.23. The number of aryl methyl sites for hydroxylation is 1. The van der Waals surface area contributed by atoms with E-state index in [0.717, 1.165) is 25.1 Å². The maximum absolute atomic E-state index is 13.7. The summed E-state index contributed by atoms with van der Waals surface area (Å²) >= 11 is 0. The zero-order chi connectivity index (χ0) is 13.1. The van der Waals surface area contributed by atoms with E-state index in [0.29, 0.717) is 5.92 Å². The van der Waals surface area contributed by atoms with Gasteiger partial charge in [-0.25, -0.2) is 4.39 Å². The number of hydrogen-bond donors (Lipinski definition) is 2. The van der Waals surface area contributed by atoms with E-state index >= 15 is 0 Å². The standard InChI is InChI=1S/C14H19FN2O.ClH/c1-9-3-4-11(12(15)7-9)14(18)17-13-8-16-6-5-10(13)2;/h3-4,7,10,13,16H,5-6,8H2,1-2H3,(H,17,18);1H. The summed E-state index contributed by atoms with van der Waals surface area (Å²) in [6.45, 7) is 5.64. The van der Waals surface area contributed by atoms with Crippen LogP contribution in [-0.2, 0) is 0 Å². The Kier molecular flexibility index (Phi) is 5.76. The Balaban J connectivity index is 0.00000180. The van der Waals surface area contributed by atoms with Gasteiger partial charge in [0.25, 0.3) is 5.91 Å². The van der Waals surface area contributed by atoms with Gasteiger partial charge in [0.15, 0.2) is 0 Å². The quantitative estimate of drug-likeness (QED) is 0.876. The molecule has 1 heterocycles. The van der Waals surface area contributed by atoms with Crippen LogP contribution >= 0.6 is 12.4 Å². The lowest BCUT2D eigenvalue weighted by Gasteiger charge is -2.30. The van der Waals surface area contributed by atoms with Crippen LogP contribution in [0.4, 0.5) is 4.39 Å². The fourth-order valence-corrected chi connectivity index (χ4v) is 2.23. The van der Waals surface area contributed by atoms with Crippen molar-refractivity contribution in [2.24, 2.45) is 5.92 Å². The van der Waals surface area contributed by atoms with E-state index in [9.17, 15) is 9.18 Å². The summed E-state index contributed by atoms with van der Waals surface area (Å²) in [5.41, 5.74) is 0.940. The van der Waals surface area contributed by atoms with E-state index < -0.39 is 5.82 Å². The fraction of sp³-hybridized carbons (Fsp3) is 0.500. The summed E-state index contributed by atoms with van der Waals surface area (Å²) in [7, 11) is 0. The summed E-state index contributed by atoms with van der Waals surface area (Å²) in [6, 6.07) is 4.76. The third-order valence-corrected chi connectivity index (χ3v) is 3.51. The summed E-state index contributed by atoms with van der Waals surface area (Å²) in [6.07, 6.45) is 1.03. The Labute approximate surface area is 119 Å². The number of piperidine rings is 1. The van der Waals surface area contributed by atoms with E-state index in [1.807, 2.05) is 0 Å². The molecule has 1 fully saturated rings. The van der Waals surface area contributed by atoms with Gasteiger partial charge in [0.05, 0.1) is 5.56 Å². The summed E-state index contributed by atoms with van der Waals surface area (Å²) in [5, 5.41) is 6.14. The van der Waals surface area contributed by atoms with Crippen molar-refractivity contribution in [1.29, 1.82) is 0 Å². The van der Waals surface area contributed by atoms with Crippen molar-refractivity contribution in [2.75, 3.05) is 13.1 Å². The SMILES string of the molecule is Cc1ccc(C(=O)NC2CNCCC2C)c(F)c1.Cl. The van der Waals surface area contributed by atoms with Crippen LogP contribution in [0.3, 0.4) is 0 Å². The monoisotopic (exact) mass is 286 g/mol. The number of nitrogens with one attached hydrogen (secondary N) is 2. The Morgan fingerprint density at radius 1 is 1.47 bits per heavy atom. The van der Waals surface area contributed by atoms with E-state index in [2.05, 4.69) is 17.6 Å². The van der Waals surface area contributed by atoms with Crippen molar-refractivity contribution in [3.8, 4) is 0 Å². The van der Waals surface area contributed by atoms with Crippen molar-refractivity contribution in [3.63, 3.8) is 0 Å². The van der Waals surface area contributed by atoms with E-state index in [1.165, 1.54) is 6.07 Å². The first kappa shape index (κ1) is 15.9. The molecule has 1 aromatic rings. The minimum absolute atomic E-state index is 0. The molecule has 2 N–H and O–H groups in total. The number of halogens is 2. The second-order valence-corrected chi connectivity index (χ2v) is 5.03. The largest absolute Gasteiger partial charge is 0.348 e. The Hall–Kier alpha value is -1.13. The number of carbonyl (C=O) groups is 1. The minimum Gasteiger partial charge on any atom is -0.348 e. The van der Waals surface area contributed by atoms with E-state index in [-0.39, 0.29) is 29.9 Å². The number of benzene rings is 1. The molecule has 3 nitrogen and oxygen atoms in total. The Morgan fingerprint density at radius 2 is 2.21 bits per heavy atom. The van der Waals surface area contributed by atoms with Gasteiger partial charge in [0, 0.05) is 12.6 Å². The highest BCUT2D eigenvalue weighted by molar-refractivity contribution is 5.94. The molecule has 5 heteroatoms. The predicted octanol–water partition coefficient (Wildman–Crippen LogP) is 2.28. The second kappa shape index (κ2) is 6.87. The van der Waals surface area contributed by atoms with Crippen LogP contribution in [-0.4, -0.2) is 25.0 Å². The number of rotatable bonds is 2. The first-order chi connectivity index (χ1) is 8.58. The third-order valence-electron chi connectivity index (χ3n) is 3.51. The smallest absolute Gasteiger partial charge is 0.254 e. The molecule has 106 valence electrons. The number of amides is 1. The Morgan fingerprint density at radius 3 is 2.84 bits per heavy atom. The maximum Gasteiger partial charge on any atom is 0.254 e. The van der Waals surface area contributed by atoms with Crippen molar-refractivity contribution in [1.82, 2.24) is 10.6 Å². The van der Waals surface area contributed by atoms with Crippen molar-refractivity contribution in [2.45, 2.75) is 26.3 Å². The lowest BCUT2D eigenvalue weighted by molar-refractivity contribution is 0.0911. The molecule has 2 atom stereocenters. The van der Waals surface area contributed by atoms with Crippen LogP contribution in [0.1, 0.15) is 29.3 Å². The highest BCUT2D eigenvalue weighted by Gasteiger charge is 2.23. The van der Waals surface area contributed by atoms with Crippen LogP contribution < -0.4 is 10.6 Å². The molecular weight excluding hydrogens is 267 g/mol. The van der Waals surface area contributed by atoms with Crippen molar-refractivity contribution < 1.29 is 9.18 Å². The van der Waals surface area contributed by atoms with Gasteiger partial charge in [0.2, 0.25) is 0 Å². The van der Waals surface area contributed by atoms with Crippen LogP contribution in [0.5, 0.6) is 0 Å². The molecule has 0 aliphatic carbocycles. The molecule has 2 rings (SSSR count). The van der Waals surface area contributed by atoms with Gasteiger partial charge >= 0.3 is 0 Å². The predicted molar refractivity (Wildman–Crippen MR) is 76.3 cm³/mol. The average Bonchev–Trinajstić information content (AvgIpc) is 2.32. The molecule has 1 aromatic carbocycles. The van der Waals surface area contributed by atoms with Gasteiger partial charge in [-0.3, -0.25) is 4.79 Å². The van der Waals surface area contributed by atoms with Gasteiger partial charge < -0.3 is 10.6 Å². The maximum atomic E-state index is 13.7. The van der Waals surface area contributed by atoms with Gasteiger partial charge in [-0.2, -0.15) is 0 Å². The molecule has 2 unspecified atom stereocenters. The molecule has 1 aliphatic rings. The summed E-state index contributed by atoms with van der Waals surface area (Å²) in [5.74, 6) is -0.360. The normalized spacial score (nSPS) is 22.5.